The van der Waals surface area contributed by atoms with Crippen LogP contribution in [0.15, 0.2) is 35.2 Å². The number of rotatable bonds is 7. The molecule has 0 saturated carbocycles. The average Bonchev–Trinajstić information content (AvgIpc) is 2.75. The Bertz CT molecular complexity index is 540. The molecule has 0 fully saturated rings. The number of nitrogens with one attached hydrogen (secondary N) is 1. The van der Waals surface area contributed by atoms with E-state index in [2.05, 4.69) is 41.6 Å². The zero-order chi connectivity index (χ0) is 14.4. The Kier molecular flexibility index (Phi) is 5.95. The Balaban J connectivity index is 1.76. The molecule has 2 aromatic rings. The van der Waals surface area contributed by atoms with E-state index in [1.54, 1.807) is 0 Å². The van der Waals surface area contributed by atoms with E-state index in [9.17, 15) is 0 Å². The van der Waals surface area contributed by atoms with Gasteiger partial charge in [0.15, 0.2) is 0 Å². The second kappa shape index (κ2) is 7.72. The smallest absolute Gasteiger partial charge is 0.0860 e. The van der Waals surface area contributed by atoms with Gasteiger partial charge < -0.3 is 5.32 Å². The molecular formula is C15H20ClN3S. The van der Waals surface area contributed by atoms with E-state index in [-0.39, 0.29) is 0 Å². The summed E-state index contributed by atoms with van der Waals surface area (Å²) in [5, 5.41) is 8.64. The van der Waals surface area contributed by atoms with Gasteiger partial charge in [-0.15, -0.1) is 11.8 Å². The van der Waals surface area contributed by atoms with Gasteiger partial charge in [0.2, 0.25) is 0 Å². The molecule has 1 heterocycles. The van der Waals surface area contributed by atoms with Crippen LogP contribution in [0.4, 0.5) is 0 Å². The number of halogens is 1. The molecule has 1 N–H and O–H groups in total. The highest BCUT2D eigenvalue weighted by atomic mass is 35.5. The van der Waals surface area contributed by atoms with Gasteiger partial charge in [0.05, 0.1) is 16.4 Å². The molecule has 0 amide bonds. The lowest BCUT2D eigenvalue weighted by atomic mass is 10.3. The van der Waals surface area contributed by atoms with Gasteiger partial charge in [-0.05, 0) is 26.0 Å². The number of nitrogens with zero attached hydrogens (tertiary/aromatic N) is 2. The van der Waals surface area contributed by atoms with Crippen LogP contribution in [-0.4, -0.2) is 22.1 Å². The van der Waals surface area contributed by atoms with E-state index in [0.717, 1.165) is 41.8 Å². The second-order valence-corrected chi connectivity index (χ2v) is 6.05. The van der Waals surface area contributed by atoms with Crippen LogP contribution >= 0.6 is 23.4 Å². The molecule has 0 aliphatic heterocycles. The molecule has 0 unspecified atom stereocenters. The van der Waals surface area contributed by atoms with Gasteiger partial charge >= 0.3 is 0 Å². The van der Waals surface area contributed by atoms with Crippen molar-refractivity contribution in [1.82, 2.24) is 15.1 Å². The summed E-state index contributed by atoms with van der Waals surface area (Å²) in [7, 11) is 0. The molecule has 20 heavy (non-hydrogen) atoms. The minimum atomic E-state index is 0.767. The first-order valence-electron chi connectivity index (χ1n) is 6.82. The van der Waals surface area contributed by atoms with Crippen LogP contribution in [0.3, 0.4) is 0 Å². The van der Waals surface area contributed by atoms with E-state index in [1.807, 2.05) is 29.4 Å². The summed E-state index contributed by atoms with van der Waals surface area (Å²) in [6.45, 7) is 6.59. The minimum Gasteiger partial charge on any atom is -0.310 e. The van der Waals surface area contributed by atoms with Gasteiger partial charge in [0.1, 0.15) is 0 Å². The van der Waals surface area contributed by atoms with Crippen LogP contribution in [0.2, 0.25) is 5.02 Å². The summed E-state index contributed by atoms with van der Waals surface area (Å²) in [5.74, 6) is 1.04. The van der Waals surface area contributed by atoms with Gasteiger partial charge in [0.25, 0.3) is 0 Å². The Labute approximate surface area is 129 Å². The predicted molar refractivity (Wildman–Crippen MR) is 86.5 cm³/mol. The number of aryl methyl sites for hydroxylation is 2. The van der Waals surface area contributed by atoms with E-state index in [0.29, 0.717) is 0 Å². The first kappa shape index (κ1) is 15.4. The summed E-state index contributed by atoms with van der Waals surface area (Å²) in [4.78, 5) is 1.31. The van der Waals surface area contributed by atoms with Crippen molar-refractivity contribution in [3.8, 4) is 0 Å². The first-order chi connectivity index (χ1) is 9.72. The highest BCUT2D eigenvalue weighted by Crippen LogP contribution is 2.20. The van der Waals surface area contributed by atoms with Crippen molar-refractivity contribution in [3.05, 3.63) is 46.7 Å². The summed E-state index contributed by atoms with van der Waals surface area (Å²) in [6.07, 6.45) is 0. The van der Waals surface area contributed by atoms with Crippen LogP contribution in [0.25, 0.3) is 0 Å². The van der Waals surface area contributed by atoms with Crippen LogP contribution in [-0.2, 0) is 13.1 Å². The summed E-state index contributed by atoms with van der Waals surface area (Å²) in [6, 6.07) is 10.4. The normalized spacial score (nSPS) is 10.9. The molecule has 108 valence electrons. The first-order valence-corrected chi connectivity index (χ1v) is 8.19. The highest BCUT2D eigenvalue weighted by molar-refractivity contribution is 7.99. The minimum absolute atomic E-state index is 0.767. The monoisotopic (exact) mass is 309 g/mol. The molecular weight excluding hydrogens is 290 g/mol. The fourth-order valence-corrected chi connectivity index (χ4v) is 3.04. The average molecular weight is 310 g/mol. The van der Waals surface area contributed by atoms with Gasteiger partial charge in [0, 0.05) is 30.3 Å². The Morgan fingerprint density at radius 2 is 2.05 bits per heavy atom. The van der Waals surface area contributed by atoms with Crippen molar-refractivity contribution in [2.24, 2.45) is 0 Å². The largest absolute Gasteiger partial charge is 0.310 e. The third-order valence-electron chi connectivity index (χ3n) is 3.04. The highest BCUT2D eigenvalue weighted by Gasteiger charge is 2.11. The third kappa shape index (κ3) is 4.01. The van der Waals surface area contributed by atoms with Crippen LogP contribution in [0.5, 0.6) is 0 Å². The maximum absolute atomic E-state index is 6.27. The molecule has 5 heteroatoms. The molecule has 0 aliphatic rings. The Morgan fingerprint density at radius 3 is 2.75 bits per heavy atom. The zero-order valence-electron chi connectivity index (χ0n) is 11.9. The van der Waals surface area contributed by atoms with E-state index >= 15 is 0 Å². The number of aromatic nitrogens is 2. The standard InChI is InChI=1S/C15H20ClN3S/c1-3-19-14(15(16)12(2)18-19)11-17-9-10-20-13-7-5-4-6-8-13/h4-8,17H,3,9-11H2,1-2H3. The second-order valence-electron chi connectivity index (χ2n) is 4.50. The lowest BCUT2D eigenvalue weighted by Crippen LogP contribution is -2.19. The molecule has 0 aliphatic carbocycles. The molecule has 0 bridgehead atoms. The van der Waals surface area contributed by atoms with Crippen molar-refractivity contribution in [2.75, 3.05) is 12.3 Å². The van der Waals surface area contributed by atoms with Gasteiger partial charge in [-0.3, -0.25) is 4.68 Å². The maximum Gasteiger partial charge on any atom is 0.0860 e. The molecule has 1 aromatic carbocycles. The number of hydrogen-bond acceptors (Lipinski definition) is 3. The molecule has 1 aromatic heterocycles. The SMILES string of the molecule is CCn1nc(C)c(Cl)c1CNCCSc1ccccc1. The quantitative estimate of drug-likeness (QED) is 0.624. The van der Waals surface area contributed by atoms with Crippen molar-refractivity contribution >= 4 is 23.4 Å². The van der Waals surface area contributed by atoms with Crippen molar-refractivity contribution in [3.63, 3.8) is 0 Å². The van der Waals surface area contributed by atoms with Gasteiger partial charge in [-0.1, -0.05) is 29.8 Å². The fourth-order valence-electron chi connectivity index (χ4n) is 2.00. The lowest BCUT2D eigenvalue weighted by Gasteiger charge is -2.07. The Morgan fingerprint density at radius 1 is 1.30 bits per heavy atom. The molecule has 0 spiro atoms. The number of hydrogen-bond donors (Lipinski definition) is 1. The topological polar surface area (TPSA) is 29.9 Å². The Hall–Kier alpha value is -0.970. The lowest BCUT2D eigenvalue weighted by molar-refractivity contribution is 0.588. The van der Waals surface area contributed by atoms with Gasteiger partial charge in [-0.2, -0.15) is 5.10 Å². The third-order valence-corrected chi connectivity index (χ3v) is 4.54. The van der Waals surface area contributed by atoms with Crippen molar-refractivity contribution in [1.29, 1.82) is 0 Å². The molecule has 0 radical (unpaired) electrons. The fraction of sp³-hybridized carbons (Fsp3) is 0.400. The predicted octanol–water partition coefficient (Wildman–Crippen LogP) is 3.75. The maximum atomic E-state index is 6.27. The van der Waals surface area contributed by atoms with Crippen molar-refractivity contribution < 1.29 is 0 Å². The summed E-state index contributed by atoms with van der Waals surface area (Å²) >= 11 is 8.13. The summed E-state index contributed by atoms with van der Waals surface area (Å²) < 4.78 is 1.97. The number of thioether (sulfide) groups is 1. The molecule has 0 atom stereocenters. The zero-order valence-corrected chi connectivity index (χ0v) is 13.5. The number of benzene rings is 1. The van der Waals surface area contributed by atoms with Crippen molar-refractivity contribution in [2.45, 2.75) is 31.8 Å². The summed E-state index contributed by atoms with van der Waals surface area (Å²) in [5.41, 5.74) is 1.99. The van der Waals surface area contributed by atoms with E-state index in [1.165, 1.54) is 4.90 Å². The van der Waals surface area contributed by atoms with E-state index in [4.69, 9.17) is 11.6 Å². The molecule has 0 saturated heterocycles. The van der Waals surface area contributed by atoms with Gasteiger partial charge in [-0.25, -0.2) is 0 Å². The van der Waals surface area contributed by atoms with Crippen LogP contribution in [0.1, 0.15) is 18.3 Å². The van der Waals surface area contributed by atoms with Crippen LogP contribution < -0.4 is 5.32 Å². The van der Waals surface area contributed by atoms with E-state index < -0.39 is 0 Å². The molecule has 2 rings (SSSR count). The van der Waals surface area contributed by atoms with Crippen LogP contribution in [0, 0.1) is 6.92 Å². The molecule has 3 nitrogen and oxygen atoms in total.